The third-order valence-electron chi connectivity index (χ3n) is 6.77. The van der Waals surface area contributed by atoms with Gasteiger partial charge in [0.1, 0.15) is 17.3 Å². The number of hydrogen-bond donors (Lipinski definition) is 3. The second-order valence-corrected chi connectivity index (χ2v) is 9.63. The second-order valence-electron chi connectivity index (χ2n) is 9.63. The fourth-order valence-electron chi connectivity index (χ4n) is 4.79. The molecule has 0 saturated carbocycles. The highest BCUT2D eigenvalue weighted by atomic mass is 16.5. The third-order valence-corrected chi connectivity index (χ3v) is 6.77. The number of para-hydroxylation sites is 1. The number of hydrogen-bond acceptors (Lipinski definition) is 6. The normalized spacial score (nSPS) is 16.2. The number of phenols is 1. The van der Waals surface area contributed by atoms with E-state index in [9.17, 15) is 19.8 Å². The van der Waals surface area contributed by atoms with Crippen molar-refractivity contribution in [2.24, 2.45) is 0 Å². The van der Waals surface area contributed by atoms with Gasteiger partial charge in [-0.1, -0.05) is 37.3 Å². The molecule has 4 aromatic rings. The first kappa shape index (κ1) is 26.6. The summed E-state index contributed by atoms with van der Waals surface area (Å²) in [6.07, 6.45) is 0.862. The van der Waals surface area contributed by atoms with E-state index in [2.05, 4.69) is 5.32 Å². The van der Waals surface area contributed by atoms with Gasteiger partial charge in [-0.2, -0.15) is 0 Å². The molecule has 1 fully saturated rings. The average Bonchev–Trinajstić information content (AvgIpc) is 3.23. The van der Waals surface area contributed by atoms with Gasteiger partial charge in [0.15, 0.2) is 0 Å². The number of aryl methyl sites for hydroxylation is 1. The monoisotopic (exact) mass is 534 g/mol. The number of rotatable bonds is 8. The number of carbonyl (C=O) groups is 2. The molecule has 0 spiro atoms. The van der Waals surface area contributed by atoms with Crippen LogP contribution >= 0.6 is 0 Å². The van der Waals surface area contributed by atoms with Crippen molar-refractivity contribution in [2.75, 3.05) is 16.8 Å². The summed E-state index contributed by atoms with van der Waals surface area (Å²) in [5.41, 5.74) is 3.99. The maximum absolute atomic E-state index is 13.5. The number of phenolic OH excluding ortho intramolecular Hbond substituents is 1. The molecule has 1 saturated heterocycles. The molecule has 1 heterocycles. The van der Waals surface area contributed by atoms with Crippen molar-refractivity contribution in [1.82, 2.24) is 0 Å². The van der Waals surface area contributed by atoms with Crippen LogP contribution in [0.1, 0.15) is 36.1 Å². The predicted molar refractivity (Wildman–Crippen MR) is 156 cm³/mol. The number of carbonyl (C=O) groups excluding carboxylic acids is 2. The molecule has 7 heteroatoms. The third kappa shape index (κ3) is 5.27. The molecule has 40 heavy (non-hydrogen) atoms. The summed E-state index contributed by atoms with van der Waals surface area (Å²) in [5.74, 6) is -1.06. The highest BCUT2D eigenvalue weighted by Gasteiger charge is 2.47. The molecule has 3 N–H and O–H groups in total. The minimum absolute atomic E-state index is 0.0243. The SMILES string of the molecule is CCCOc1ccc(/C(O)=C2/C(=O)C(=O)N(c3ccc(Nc4ccccc4)cc3)C2c2ccc(O)cc2)cc1C. The molecule has 4 aromatic carbocycles. The Morgan fingerprint density at radius 2 is 1.57 bits per heavy atom. The maximum Gasteiger partial charge on any atom is 0.300 e. The van der Waals surface area contributed by atoms with E-state index in [1.54, 1.807) is 42.5 Å². The Kier molecular flexibility index (Phi) is 7.55. The van der Waals surface area contributed by atoms with E-state index >= 15 is 0 Å². The van der Waals surface area contributed by atoms with E-state index in [0.29, 0.717) is 29.2 Å². The fraction of sp³-hybridized carbons (Fsp3) is 0.152. The minimum Gasteiger partial charge on any atom is -0.508 e. The number of benzene rings is 4. The quantitative estimate of drug-likeness (QED) is 0.130. The van der Waals surface area contributed by atoms with E-state index < -0.39 is 17.7 Å². The largest absolute Gasteiger partial charge is 0.508 e. The molecule has 7 nitrogen and oxygen atoms in total. The van der Waals surface area contributed by atoms with Crippen LogP contribution in [-0.2, 0) is 9.59 Å². The summed E-state index contributed by atoms with van der Waals surface area (Å²) in [5, 5.41) is 24.6. The number of nitrogens with one attached hydrogen (secondary N) is 1. The van der Waals surface area contributed by atoms with E-state index in [-0.39, 0.29) is 17.1 Å². The molecule has 1 aliphatic rings. The predicted octanol–water partition coefficient (Wildman–Crippen LogP) is 6.86. The zero-order chi connectivity index (χ0) is 28.2. The van der Waals surface area contributed by atoms with Crippen molar-refractivity contribution in [3.8, 4) is 11.5 Å². The second kappa shape index (κ2) is 11.4. The highest BCUT2D eigenvalue weighted by molar-refractivity contribution is 6.51. The molecule has 0 radical (unpaired) electrons. The Labute approximate surface area is 233 Å². The molecule has 1 atom stereocenters. The van der Waals surface area contributed by atoms with Crippen LogP contribution in [0.2, 0.25) is 0 Å². The molecular formula is C33H30N2O5. The summed E-state index contributed by atoms with van der Waals surface area (Å²) < 4.78 is 5.75. The lowest BCUT2D eigenvalue weighted by Crippen LogP contribution is -2.29. The summed E-state index contributed by atoms with van der Waals surface area (Å²) >= 11 is 0. The topological polar surface area (TPSA) is 99.1 Å². The van der Waals surface area contributed by atoms with Gasteiger partial charge in [0.2, 0.25) is 0 Å². The van der Waals surface area contributed by atoms with Crippen molar-refractivity contribution in [3.63, 3.8) is 0 Å². The van der Waals surface area contributed by atoms with Gasteiger partial charge >= 0.3 is 0 Å². The smallest absolute Gasteiger partial charge is 0.300 e. The van der Waals surface area contributed by atoms with Gasteiger partial charge in [-0.25, -0.2) is 0 Å². The van der Waals surface area contributed by atoms with Crippen LogP contribution in [0, 0.1) is 6.92 Å². The summed E-state index contributed by atoms with van der Waals surface area (Å²) in [4.78, 5) is 28.3. The number of amides is 1. The number of aromatic hydroxyl groups is 1. The number of anilines is 3. The zero-order valence-electron chi connectivity index (χ0n) is 22.3. The Morgan fingerprint density at radius 3 is 2.23 bits per heavy atom. The number of aliphatic hydroxyl groups excluding tert-OH is 1. The van der Waals surface area contributed by atoms with Crippen LogP contribution in [-0.4, -0.2) is 28.5 Å². The molecule has 1 amide bonds. The number of ketones is 1. The van der Waals surface area contributed by atoms with Crippen LogP contribution in [0.15, 0.2) is 103 Å². The molecule has 1 aliphatic heterocycles. The molecule has 0 aliphatic carbocycles. The van der Waals surface area contributed by atoms with Crippen LogP contribution < -0.4 is 15.0 Å². The zero-order valence-corrected chi connectivity index (χ0v) is 22.3. The van der Waals surface area contributed by atoms with Crippen molar-refractivity contribution < 1.29 is 24.5 Å². The maximum atomic E-state index is 13.5. The van der Waals surface area contributed by atoms with E-state index in [0.717, 1.165) is 23.4 Å². The summed E-state index contributed by atoms with van der Waals surface area (Å²) in [6.45, 7) is 4.45. The van der Waals surface area contributed by atoms with Gasteiger partial charge in [0, 0.05) is 22.6 Å². The Bertz CT molecular complexity index is 1560. The molecule has 1 unspecified atom stereocenters. The summed E-state index contributed by atoms with van der Waals surface area (Å²) in [7, 11) is 0. The van der Waals surface area contributed by atoms with Crippen molar-refractivity contribution in [3.05, 3.63) is 119 Å². The molecule has 5 rings (SSSR count). The van der Waals surface area contributed by atoms with Crippen molar-refractivity contribution in [2.45, 2.75) is 26.3 Å². The Balaban J connectivity index is 1.56. The van der Waals surface area contributed by atoms with E-state index in [1.165, 1.54) is 17.0 Å². The lowest BCUT2D eigenvalue weighted by Gasteiger charge is -2.26. The van der Waals surface area contributed by atoms with Gasteiger partial charge in [0.05, 0.1) is 18.2 Å². The van der Waals surface area contributed by atoms with Crippen LogP contribution in [0.5, 0.6) is 11.5 Å². The number of ether oxygens (including phenoxy) is 1. The number of nitrogens with zero attached hydrogens (tertiary/aromatic N) is 1. The fourth-order valence-corrected chi connectivity index (χ4v) is 4.79. The van der Waals surface area contributed by atoms with Crippen molar-refractivity contribution in [1.29, 1.82) is 0 Å². The van der Waals surface area contributed by atoms with Gasteiger partial charge < -0.3 is 20.3 Å². The van der Waals surface area contributed by atoms with E-state index in [1.807, 2.05) is 56.3 Å². The van der Waals surface area contributed by atoms with Crippen LogP contribution in [0.3, 0.4) is 0 Å². The van der Waals surface area contributed by atoms with Gasteiger partial charge in [-0.05, 0) is 91.2 Å². The highest BCUT2D eigenvalue weighted by Crippen LogP contribution is 2.43. The Hall–Kier alpha value is -5.04. The van der Waals surface area contributed by atoms with Crippen molar-refractivity contribution >= 4 is 34.5 Å². The molecule has 202 valence electrons. The lowest BCUT2D eigenvalue weighted by molar-refractivity contribution is -0.132. The average molecular weight is 535 g/mol. The standard InChI is InChI=1S/C33H30N2O5/c1-3-19-40-28-18-11-23(20-21(28)2)31(37)29-30(22-9-16-27(36)17-10-22)35(33(39)32(29)38)26-14-12-25(13-15-26)34-24-7-5-4-6-8-24/h4-18,20,30,34,36-37H,3,19H2,1-2H3/b31-29-. The number of Topliss-reactive ketones (excluding diaryl/α,β-unsaturated/α-hetero) is 1. The minimum atomic E-state index is -0.898. The Morgan fingerprint density at radius 1 is 0.900 bits per heavy atom. The first-order valence-electron chi connectivity index (χ1n) is 13.1. The molecule has 0 bridgehead atoms. The van der Waals surface area contributed by atoms with Gasteiger partial charge in [-0.3, -0.25) is 14.5 Å². The number of aliphatic hydroxyl groups is 1. The first-order valence-corrected chi connectivity index (χ1v) is 13.1. The van der Waals surface area contributed by atoms with E-state index in [4.69, 9.17) is 4.74 Å². The van der Waals surface area contributed by atoms with Gasteiger partial charge in [-0.15, -0.1) is 0 Å². The van der Waals surface area contributed by atoms with Crippen LogP contribution in [0.25, 0.3) is 5.76 Å². The first-order chi connectivity index (χ1) is 19.4. The molecular weight excluding hydrogens is 504 g/mol. The van der Waals surface area contributed by atoms with Gasteiger partial charge in [0.25, 0.3) is 11.7 Å². The van der Waals surface area contributed by atoms with Crippen LogP contribution in [0.4, 0.5) is 17.1 Å². The summed E-state index contributed by atoms with van der Waals surface area (Å²) in [6, 6.07) is 27.4. The lowest BCUT2D eigenvalue weighted by atomic mass is 9.94. The molecule has 0 aromatic heterocycles.